The molecule has 6 heteroatoms. The second kappa shape index (κ2) is 4.47. The Bertz CT molecular complexity index is 672. The molecule has 3 aromatic heterocycles. The zero-order chi connectivity index (χ0) is 12.5. The Hall–Kier alpha value is -1.79. The molecule has 0 bridgehead atoms. The molecular weight excluding hydrogens is 264 g/mol. The molecule has 4 nitrogen and oxygen atoms in total. The first-order chi connectivity index (χ1) is 8.74. The molecule has 3 heterocycles. The van der Waals surface area contributed by atoms with Crippen molar-refractivity contribution in [3.8, 4) is 21.1 Å². The molecule has 0 amide bonds. The number of thiazole rings is 2. The van der Waals surface area contributed by atoms with Gasteiger partial charge in [0.1, 0.15) is 5.01 Å². The third-order valence-corrected chi connectivity index (χ3v) is 4.38. The van der Waals surface area contributed by atoms with E-state index in [1.165, 1.54) is 11.3 Å². The molecule has 0 unspecified atom stereocenters. The van der Waals surface area contributed by atoms with Crippen molar-refractivity contribution in [3.05, 3.63) is 35.6 Å². The molecule has 0 saturated carbocycles. The number of anilines is 1. The van der Waals surface area contributed by atoms with E-state index in [0.717, 1.165) is 26.8 Å². The highest BCUT2D eigenvalue weighted by molar-refractivity contribution is 7.19. The smallest absolute Gasteiger partial charge is 0.180 e. The quantitative estimate of drug-likeness (QED) is 0.779. The molecule has 0 radical (unpaired) electrons. The summed E-state index contributed by atoms with van der Waals surface area (Å²) in [6, 6.07) is 3.91. The standard InChI is InChI=1S/C12H10N4S2/c1-7-10(18-12(13)15-7)9-6-17-11(16-9)8-2-4-14-5-3-8/h2-6H,1H3,(H2,13,15). The first-order valence-corrected chi connectivity index (χ1v) is 7.03. The van der Waals surface area contributed by atoms with Gasteiger partial charge in [0.05, 0.1) is 16.3 Å². The lowest BCUT2D eigenvalue weighted by atomic mass is 10.3. The second-order valence-corrected chi connectivity index (χ2v) is 5.63. The van der Waals surface area contributed by atoms with E-state index in [4.69, 9.17) is 5.73 Å². The van der Waals surface area contributed by atoms with Gasteiger partial charge in [0.2, 0.25) is 0 Å². The Kier molecular flexibility index (Phi) is 2.81. The fourth-order valence-corrected chi connectivity index (χ4v) is 3.35. The number of aryl methyl sites for hydroxylation is 1. The van der Waals surface area contributed by atoms with E-state index in [2.05, 4.69) is 15.0 Å². The normalized spacial score (nSPS) is 10.7. The van der Waals surface area contributed by atoms with Gasteiger partial charge in [0.15, 0.2) is 5.13 Å². The lowest BCUT2D eigenvalue weighted by Gasteiger charge is -1.94. The molecule has 18 heavy (non-hydrogen) atoms. The van der Waals surface area contributed by atoms with Crippen LogP contribution in [0.25, 0.3) is 21.1 Å². The minimum Gasteiger partial charge on any atom is -0.375 e. The lowest BCUT2D eigenvalue weighted by molar-refractivity contribution is 1.26. The monoisotopic (exact) mass is 274 g/mol. The minimum absolute atomic E-state index is 0.584. The Balaban J connectivity index is 2.02. The van der Waals surface area contributed by atoms with Gasteiger partial charge in [-0.05, 0) is 19.1 Å². The SMILES string of the molecule is Cc1nc(N)sc1-c1csc(-c2ccncc2)n1. The second-order valence-electron chi connectivity index (χ2n) is 3.74. The van der Waals surface area contributed by atoms with Crippen LogP contribution >= 0.6 is 22.7 Å². The van der Waals surface area contributed by atoms with Crippen molar-refractivity contribution in [1.82, 2.24) is 15.0 Å². The van der Waals surface area contributed by atoms with Gasteiger partial charge in [-0.2, -0.15) is 0 Å². The van der Waals surface area contributed by atoms with Gasteiger partial charge in [0, 0.05) is 23.3 Å². The van der Waals surface area contributed by atoms with Crippen LogP contribution in [0, 0.1) is 6.92 Å². The van der Waals surface area contributed by atoms with Gasteiger partial charge in [-0.1, -0.05) is 11.3 Å². The van der Waals surface area contributed by atoms with E-state index in [9.17, 15) is 0 Å². The van der Waals surface area contributed by atoms with E-state index < -0.39 is 0 Å². The summed E-state index contributed by atoms with van der Waals surface area (Å²) >= 11 is 3.09. The largest absolute Gasteiger partial charge is 0.375 e. The Morgan fingerprint density at radius 2 is 1.94 bits per heavy atom. The number of nitrogen functional groups attached to an aromatic ring is 1. The first-order valence-electron chi connectivity index (χ1n) is 5.33. The Morgan fingerprint density at radius 3 is 2.61 bits per heavy atom. The van der Waals surface area contributed by atoms with Crippen LogP contribution in [0.3, 0.4) is 0 Å². The predicted molar refractivity (Wildman–Crippen MR) is 75.6 cm³/mol. The van der Waals surface area contributed by atoms with Crippen LogP contribution in [0.1, 0.15) is 5.69 Å². The maximum absolute atomic E-state index is 5.71. The molecule has 0 aliphatic heterocycles. The van der Waals surface area contributed by atoms with Crippen LogP contribution in [-0.2, 0) is 0 Å². The van der Waals surface area contributed by atoms with Crippen molar-refractivity contribution < 1.29 is 0 Å². The summed E-state index contributed by atoms with van der Waals surface area (Å²) in [6.45, 7) is 1.95. The summed E-state index contributed by atoms with van der Waals surface area (Å²) in [5, 5.41) is 3.61. The van der Waals surface area contributed by atoms with E-state index in [1.807, 2.05) is 24.4 Å². The van der Waals surface area contributed by atoms with Crippen molar-refractivity contribution in [2.24, 2.45) is 0 Å². The predicted octanol–water partition coefficient (Wildman–Crippen LogP) is 3.22. The van der Waals surface area contributed by atoms with Crippen LogP contribution in [0.15, 0.2) is 29.9 Å². The summed E-state index contributed by atoms with van der Waals surface area (Å²) in [6.07, 6.45) is 3.54. The molecule has 2 N–H and O–H groups in total. The van der Waals surface area contributed by atoms with Crippen LogP contribution in [-0.4, -0.2) is 15.0 Å². The summed E-state index contributed by atoms with van der Waals surface area (Å²) in [5.41, 5.74) is 8.67. The zero-order valence-electron chi connectivity index (χ0n) is 9.62. The fraction of sp³-hybridized carbons (Fsp3) is 0.0833. The number of nitrogens with zero attached hydrogens (tertiary/aromatic N) is 3. The van der Waals surface area contributed by atoms with Gasteiger partial charge < -0.3 is 5.73 Å². The van der Waals surface area contributed by atoms with Crippen molar-refractivity contribution >= 4 is 27.8 Å². The number of hydrogen-bond donors (Lipinski definition) is 1. The third-order valence-electron chi connectivity index (χ3n) is 2.48. The van der Waals surface area contributed by atoms with Crippen molar-refractivity contribution in [2.75, 3.05) is 5.73 Å². The van der Waals surface area contributed by atoms with Gasteiger partial charge in [0.25, 0.3) is 0 Å². The van der Waals surface area contributed by atoms with Gasteiger partial charge in [-0.15, -0.1) is 11.3 Å². The number of aromatic nitrogens is 3. The molecular formula is C12H10N4S2. The zero-order valence-corrected chi connectivity index (χ0v) is 11.3. The van der Waals surface area contributed by atoms with E-state index in [0.29, 0.717) is 5.13 Å². The average Bonchev–Trinajstić information content (AvgIpc) is 2.97. The van der Waals surface area contributed by atoms with E-state index >= 15 is 0 Å². The number of hydrogen-bond acceptors (Lipinski definition) is 6. The number of nitrogens with two attached hydrogens (primary N) is 1. The lowest BCUT2D eigenvalue weighted by Crippen LogP contribution is -1.81. The minimum atomic E-state index is 0.584. The molecule has 0 aliphatic rings. The summed E-state index contributed by atoms with van der Waals surface area (Å²) in [7, 11) is 0. The summed E-state index contributed by atoms with van der Waals surface area (Å²) in [4.78, 5) is 13.9. The molecule has 3 aromatic rings. The van der Waals surface area contributed by atoms with Crippen molar-refractivity contribution in [1.29, 1.82) is 0 Å². The molecule has 0 spiro atoms. The van der Waals surface area contributed by atoms with Crippen LogP contribution < -0.4 is 5.73 Å². The molecule has 3 rings (SSSR count). The first kappa shape index (κ1) is 11.3. The average molecular weight is 274 g/mol. The third kappa shape index (κ3) is 2.00. The Labute approximate surface area is 112 Å². The van der Waals surface area contributed by atoms with Gasteiger partial charge in [-0.3, -0.25) is 4.98 Å². The molecule has 90 valence electrons. The highest BCUT2D eigenvalue weighted by atomic mass is 32.1. The van der Waals surface area contributed by atoms with E-state index in [-0.39, 0.29) is 0 Å². The highest BCUT2D eigenvalue weighted by Crippen LogP contribution is 2.34. The van der Waals surface area contributed by atoms with Crippen LogP contribution in [0.2, 0.25) is 0 Å². The Morgan fingerprint density at radius 1 is 1.17 bits per heavy atom. The molecule has 0 fully saturated rings. The topological polar surface area (TPSA) is 64.7 Å². The van der Waals surface area contributed by atoms with Crippen LogP contribution in [0.5, 0.6) is 0 Å². The number of pyridine rings is 1. The van der Waals surface area contributed by atoms with Gasteiger partial charge in [-0.25, -0.2) is 9.97 Å². The molecule has 0 saturated heterocycles. The number of rotatable bonds is 2. The maximum atomic E-state index is 5.71. The van der Waals surface area contributed by atoms with Crippen molar-refractivity contribution in [3.63, 3.8) is 0 Å². The summed E-state index contributed by atoms with van der Waals surface area (Å²) < 4.78 is 0. The summed E-state index contributed by atoms with van der Waals surface area (Å²) in [5.74, 6) is 0. The van der Waals surface area contributed by atoms with E-state index in [1.54, 1.807) is 23.7 Å². The molecule has 0 aliphatic carbocycles. The molecule has 0 aromatic carbocycles. The highest BCUT2D eigenvalue weighted by Gasteiger charge is 2.12. The van der Waals surface area contributed by atoms with Gasteiger partial charge >= 0.3 is 0 Å². The maximum Gasteiger partial charge on any atom is 0.180 e. The van der Waals surface area contributed by atoms with Crippen molar-refractivity contribution in [2.45, 2.75) is 6.92 Å². The fourth-order valence-electron chi connectivity index (χ4n) is 1.66. The van der Waals surface area contributed by atoms with Crippen LogP contribution in [0.4, 0.5) is 5.13 Å². The molecule has 0 atom stereocenters.